The maximum absolute atomic E-state index is 5.57. The third-order valence-electron chi connectivity index (χ3n) is 3.95. The van der Waals surface area contributed by atoms with Crippen LogP contribution in [0.4, 0.5) is 0 Å². The summed E-state index contributed by atoms with van der Waals surface area (Å²) < 4.78 is 0. The molecule has 0 bridgehead atoms. The summed E-state index contributed by atoms with van der Waals surface area (Å²) in [6.07, 6.45) is 1.38. The Labute approximate surface area is 93.6 Å². The lowest BCUT2D eigenvalue weighted by atomic mass is 9.79. The van der Waals surface area contributed by atoms with Crippen molar-refractivity contribution < 1.29 is 0 Å². The van der Waals surface area contributed by atoms with Crippen LogP contribution in [0.15, 0.2) is 0 Å². The second kappa shape index (κ2) is 3.72. The number of rotatable bonds is 2. The Morgan fingerprint density at radius 3 is 2.33 bits per heavy atom. The normalized spacial score (nSPS) is 27.2. The van der Waals surface area contributed by atoms with E-state index in [1.807, 2.05) is 0 Å². The van der Waals surface area contributed by atoms with Crippen molar-refractivity contribution >= 4 is 0 Å². The minimum atomic E-state index is 0.345. The second-order valence-corrected chi connectivity index (χ2v) is 6.34. The van der Waals surface area contributed by atoms with E-state index in [4.69, 9.17) is 5.73 Å². The minimum Gasteiger partial charge on any atom is -0.329 e. The van der Waals surface area contributed by atoms with Crippen LogP contribution >= 0.6 is 0 Å². The van der Waals surface area contributed by atoms with Gasteiger partial charge in [-0.2, -0.15) is 0 Å². The van der Waals surface area contributed by atoms with E-state index in [2.05, 4.69) is 30.6 Å². The van der Waals surface area contributed by atoms with Crippen molar-refractivity contribution in [1.82, 2.24) is 9.80 Å². The van der Waals surface area contributed by atoms with Crippen LogP contribution in [0.5, 0.6) is 0 Å². The Bertz CT molecular complexity index is 226. The summed E-state index contributed by atoms with van der Waals surface area (Å²) in [5.41, 5.74) is 6.53. The topological polar surface area (TPSA) is 32.5 Å². The summed E-state index contributed by atoms with van der Waals surface area (Å²) in [7, 11) is 0. The molecular weight excluding hydrogens is 186 g/mol. The molecule has 0 radical (unpaired) electrons. The average molecular weight is 211 g/mol. The molecule has 0 aliphatic carbocycles. The highest BCUT2D eigenvalue weighted by Crippen LogP contribution is 2.41. The zero-order chi connectivity index (χ0) is 11.1. The van der Waals surface area contributed by atoms with Crippen LogP contribution in [-0.4, -0.2) is 54.6 Å². The second-order valence-electron chi connectivity index (χ2n) is 6.34. The van der Waals surface area contributed by atoms with E-state index in [1.165, 1.54) is 32.6 Å². The van der Waals surface area contributed by atoms with E-state index in [1.54, 1.807) is 0 Å². The first-order valence-corrected chi connectivity index (χ1v) is 6.13. The van der Waals surface area contributed by atoms with Crippen LogP contribution in [0.3, 0.4) is 0 Å². The van der Waals surface area contributed by atoms with Crippen molar-refractivity contribution in [2.45, 2.75) is 32.7 Å². The Morgan fingerprint density at radius 2 is 1.87 bits per heavy atom. The van der Waals surface area contributed by atoms with Gasteiger partial charge in [-0.3, -0.25) is 4.90 Å². The summed E-state index contributed by atoms with van der Waals surface area (Å²) in [6, 6.07) is 0. The number of hydrogen-bond acceptors (Lipinski definition) is 3. The van der Waals surface area contributed by atoms with Crippen molar-refractivity contribution in [1.29, 1.82) is 0 Å². The predicted molar refractivity (Wildman–Crippen MR) is 63.9 cm³/mol. The fraction of sp³-hybridized carbons (Fsp3) is 1.00. The van der Waals surface area contributed by atoms with E-state index in [9.17, 15) is 0 Å². The van der Waals surface area contributed by atoms with Crippen LogP contribution in [-0.2, 0) is 0 Å². The molecule has 2 aliphatic heterocycles. The zero-order valence-corrected chi connectivity index (χ0v) is 10.4. The molecule has 15 heavy (non-hydrogen) atoms. The van der Waals surface area contributed by atoms with Crippen LogP contribution in [0, 0.1) is 5.41 Å². The van der Waals surface area contributed by atoms with Crippen molar-refractivity contribution in [3.05, 3.63) is 0 Å². The van der Waals surface area contributed by atoms with Gasteiger partial charge >= 0.3 is 0 Å². The summed E-state index contributed by atoms with van der Waals surface area (Å²) in [5, 5.41) is 0. The highest BCUT2D eigenvalue weighted by Gasteiger charge is 2.48. The van der Waals surface area contributed by atoms with Gasteiger partial charge in [0.25, 0.3) is 0 Å². The highest BCUT2D eigenvalue weighted by atomic mass is 15.3. The summed E-state index contributed by atoms with van der Waals surface area (Å²) in [5.74, 6) is 0. The molecule has 0 atom stereocenters. The lowest BCUT2D eigenvalue weighted by molar-refractivity contribution is 0.00312. The first kappa shape index (κ1) is 11.4. The molecule has 1 spiro atoms. The molecule has 2 N–H and O–H groups in total. The fourth-order valence-electron chi connectivity index (χ4n) is 3.01. The Kier molecular flexibility index (Phi) is 2.82. The number of likely N-dealkylation sites (tertiary alicyclic amines) is 2. The van der Waals surface area contributed by atoms with Crippen molar-refractivity contribution in [2.75, 3.05) is 39.3 Å². The van der Waals surface area contributed by atoms with Gasteiger partial charge in [0, 0.05) is 43.7 Å². The maximum atomic E-state index is 5.57. The molecule has 0 aromatic rings. The highest BCUT2D eigenvalue weighted by molar-refractivity contribution is 5.03. The molecule has 0 unspecified atom stereocenters. The smallest absolute Gasteiger partial charge is 0.0125 e. The van der Waals surface area contributed by atoms with Gasteiger partial charge in [0.05, 0.1) is 0 Å². The summed E-state index contributed by atoms with van der Waals surface area (Å²) in [4.78, 5) is 5.12. The third-order valence-corrected chi connectivity index (χ3v) is 3.95. The predicted octanol–water partition coefficient (Wildman–Crippen LogP) is 0.751. The molecule has 0 amide bonds. The standard InChI is InChI=1S/C12H25N3/c1-11(2,3)15-6-4-12(10-15)8-14(9-12)7-5-13/h4-10,13H2,1-3H3. The third kappa shape index (κ3) is 2.19. The summed E-state index contributed by atoms with van der Waals surface area (Å²) >= 11 is 0. The molecule has 2 heterocycles. The van der Waals surface area contributed by atoms with E-state index in [0.29, 0.717) is 11.0 Å². The van der Waals surface area contributed by atoms with Gasteiger partial charge in [0.15, 0.2) is 0 Å². The number of nitrogens with two attached hydrogens (primary N) is 1. The van der Waals surface area contributed by atoms with Gasteiger partial charge in [-0.15, -0.1) is 0 Å². The van der Waals surface area contributed by atoms with Gasteiger partial charge in [-0.05, 0) is 33.7 Å². The fourth-order valence-corrected chi connectivity index (χ4v) is 3.01. The molecule has 2 aliphatic rings. The van der Waals surface area contributed by atoms with Gasteiger partial charge in [0.2, 0.25) is 0 Å². The van der Waals surface area contributed by atoms with Gasteiger partial charge in [-0.1, -0.05) is 0 Å². The van der Waals surface area contributed by atoms with Crippen molar-refractivity contribution in [3.8, 4) is 0 Å². The SMILES string of the molecule is CC(C)(C)N1CCC2(CN(CCN)C2)C1. The first-order valence-electron chi connectivity index (χ1n) is 6.13. The largest absolute Gasteiger partial charge is 0.329 e. The Hall–Kier alpha value is -0.120. The molecule has 3 heteroatoms. The molecule has 2 fully saturated rings. The van der Waals surface area contributed by atoms with Crippen LogP contribution in [0.2, 0.25) is 0 Å². The van der Waals surface area contributed by atoms with E-state index < -0.39 is 0 Å². The van der Waals surface area contributed by atoms with E-state index >= 15 is 0 Å². The average Bonchev–Trinajstić information content (AvgIpc) is 2.47. The first-order chi connectivity index (χ1) is 6.95. The molecular formula is C12H25N3. The lowest BCUT2D eigenvalue weighted by Gasteiger charge is -2.49. The van der Waals surface area contributed by atoms with Crippen LogP contribution < -0.4 is 5.73 Å². The van der Waals surface area contributed by atoms with Crippen LogP contribution in [0.25, 0.3) is 0 Å². The molecule has 0 aromatic heterocycles. The van der Waals surface area contributed by atoms with Crippen molar-refractivity contribution in [3.63, 3.8) is 0 Å². The Balaban J connectivity index is 1.84. The monoisotopic (exact) mass is 211 g/mol. The molecule has 88 valence electrons. The molecule has 3 nitrogen and oxygen atoms in total. The minimum absolute atomic E-state index is 0.345. The quantitative estimate of drug-likeness (QED) is 0.731. The number of hydrogen-bond donors (Lipinski definition) is 1. The molecule has 0 saturated carbocycles. The maximum Gasteiger partial charge on any atom is 0.0125 e. The Morgan fingerprint density at radius 1 is 1.20 bits per heavy atom. The van der Waals surface area contributed by atoms with E-state index in [-0.39, 0.29) is 0 Å². The van der Waals surface area contributed by atoms with Gasteiger partial charge < -0.3 is 10.6 Å². The zero-order valence-electron chi connectivity index (χ0n) is 10.4. The molecule has 0 aromatic carbocycles. The van der Waals surface area contributed by atoms with Crippen molar-refractivity contribution in [2.24, 2.45) is 11.1 Å². The summed E-state index contributed by atoms with van der Waals surface area (Å²) in [6.45, 7) is 14.0. The van der Waals surface area contributed by atoms with Crippen LogP contribution in [0.1, 0.15) is 27.2 Å². The molecule has 2 rings (SSSR count). The van der Waals surface area contributed by atoms with Gasteiger partial charge in [-0.25, -0.2) is 0 Å². The van der Waals surface area contributed by atoms with Gasteiger partial charge in [0.1, 0.15) is 0 Å². The van der Waals surface area contributed by atoms with E-state index in [0.717, 1.165) is 13.1 Å². The lowest BCUT2D eigenvalue weighted by Crippen LogP contribution is -2.59. The molecule has 2 saturated heterocycles. The number of nitrogens with zero attached hydrogens (tertiary/aromatic N) is 2.